The molecule has 1 aromatic carbocycles. The van der Waals surface area contributed by atoms with Crippen molar-refractivity contribution < 1.29 is 0 Å². The van der Waals surface area contributed by atoms with Crippen molar-refractivity contribution in [3.8, 4) is 0 Å². The van der Waals surface area contributed by atoms with Crippen molar-refractivity contribution in [1.82, 2.24) is 9.55 Å². The first-order chi connectivity index (χ1) is 8.27. The number of aromatic nitrogens is 2. The Morgan fingerprint density at radius 3 is 2.88 bits per heavy atom. The molecule has 0 aliphatic carbocycles. The van der Waals surface area contributed by atoms with Crippen molar-refractivity contribution in [2.24, 2.45) is 10.9 Å². The molecule has 0 N–H and O–H groups in total. The van der Waals surface area contributed by atoms with Crippen molar-refractivity contribution in [1.29, 1.82) is 0 Å². The Balaban J connectivity index is 2.20. The lowest BCUT2D eigenvalue weighted by Gasteiger charge is -2.23. The van der Waals surface area contributed by atoms with Gasteiger partial charge in [-0.25, -0.2) is 4.98 Å². The van der Waals surface area contributed by atoms with Crippen molar-refractivity contribution in [3.63, 3.8) is 0 Å². The van der Waals surface area contributed by atoms with Gasteiger partial charge in [0.2, 0.25) is 0 Å². The highest BCUT2D eigenvalue weighted by Crippen LogP contribution is 2.27. The van der Waals surface area contributed by atoms with E-state index in [1.165, 1.54) is 5.52 Å². The van der Waals surface area contributed by atoms with E-state index in [0.717, 1.165) is 11.3 Å². The summed E-state index contributed by atoms with van der Waals surface area (Å²) in [4.78, 5) is 8.80. The third-order valence-corrected chi connectivity index (χ3v) is 3.30. The van der Waals surface area contributed by atoms with E-state index in [-0.39, 0.29) is 0 Å². The zero-order valence-electron chi connectivity index (χ0n) is 10.0. The molecule has 0 saturated carbocycles. The number of benzene rings is 1. The summed E-state index contributed by atoms with van der Waals surface area (Å²) in [5, 5.41) is 0. The highest BCUT2D eigenvalue weighted by atomic mass is 15.1. The standard InChI is InChI=1S/C14H15N3/c1-10-9-15-8-7-13(10)17-11(2)16-12-5-3-4-6-14(12)17/h3-10,13H,1-2H3/t10?,13-/m1/s1. The molecule has 1 unspecified atom stereocenters. The van der Waals surface area contributed by atoms with Crippen LogP contribution in [0.25, 0.3) is 11.0 Å². The van der Waals surface area contributed by atoms with Gasteiger partial charge in [0, 0.05) is 18.3 Å². The molecule has 2 aromatic rings. The molecule has 0 spiro atoms. The largest absolute Gasteiger partial charge is 0.320 e. The predicted molar refractivity (Wildman–Crippen MR) is 70.3 cm³/mol. The number of imidazole rings is 1. The summed E-state index contributed by atoms with van der Waals surface area (Å²) < 4.78 is 2.29. The van der Waals surface area contributed by atoms with Gasteiger partial charge < -0.3 is 4.57 Å². The number of fused-ring (bicyclic) bond motifs is 1. The average molecular weight is 225 g/mol. The number of hydrogen-bond donors (Lipinski definition) is 0. The van der Waals surface area contributed by atoms with Crippen LogP contribution < -0.4 is 0 Å². The molecular formula is C14H15N3. The molecule has 0 radical (unpaired) electrons. The zero-order valence-corrected chi connectivity index (χ0v) is 10.0. The third-order valence-electron chi connectivity index (χ3n) is 3.30. The fourth-order valence-corrected chi connectivity index (χ4v) is 2.45. The predicted octanol–water partition coefficient (Wildman–Crippen LogP) is 3.12. The van der Waals surface area contributed by atoms with Crippen LogP contribution in [0.3, 0.4) is 0 Å². The monoisotopic (exact) mass is 225 g/mol. The number of para-hydroxylation sites is 2. The zero-order chi connectivity index (χ0) is 11.8. The summed E-state index contributed by atoms with van der Waals surface area (Å²) >= 11 is 0. The van der Waals surface area contributed by atoms with E-state index >= 15 is 0 Å². The molecule has 1 aliphatic heterocycles. The Labute approximate surface area is 101 Å². The lowest BCUT2D eigenvalue weighted by Crippen LogP contribution is -2.19. The Hall–Kier alpha value is -1.90. The van der Waals surface area contributed by atoms with Crippen LogP contribution >= 0.6 is 0 Å². The minimum absolute atomic E-state index is 0.319. The number of rotatable bonds is 1. The molecule has 86 valence electrons. The Kier molecular flexibility index (Phi) is 2.32. The molecule has 2 heterocycles. The maximum absolute atomic E-state index is 4.61. The van der Waals surface area contributed by atoms with Gasteiger partial charge in [-0.3, -0.25) is 4.99 Å². The van der Waals surface area contributed by atoms with Crippen molar-refractivity contribution >= 4 is 17.2 Å². The fraction of sp³-hybridized carbons (Fsp3) is 0.286. The molecule has 1 aliphatic rings. The van der Waals surface area contributed by atoms with Gasteiger partial charge in [0.05, 0.1) is 17.1 Å². The number of aryl methyl sites for hydroxylation is 1. The molecule has 3 nitrogen and oxygen atoms in total. The van der Waals surface area contributed by atoms with Gasteiger partial charge in [-0.05, 0) is 25.1 Å². The molecule has 1 aromatic heterocycles. The van der Waals surface area contributed by atoms with Crippen LogP contribution in [0.15, 0.2) is 41.5 Å². The Morgan fingerprint density at radius 2 is 2.06 bits per heavy atom. The minimum atomic E-state index is 0.319. The van der Waals surface area contributed by atoms with Crippen LogP contribution in [-0.4, -0.2) is 15.8 Å². The van der Waals surface area contributed by atoms with E-state index in [0.29, 0.717) is 12.0 Å². The van der Waals surface area contributed by atoms with E-state index in [2.05, 4.69) is 52.7 Å². The number of aliphatic imine (C=N–C) groups is 1. The smallest absolute Gasteiger partial charge is 0.107 e. The molecule has 2 atom stereocenters. The molecule has 3 heteroatoms. The summed E-state index contributed by atoms with van der Waals surface area (Å²) in [5.74, 6) is 1.46. The number of hydrogen-bond acceptors (Lipinski definition) is 2. The highest BCUT2D eigenvalue weighted by molar-refractivity contribution is 5.76. The maximum Gasteiger partial charge on any atom is 0.107 e. The second-order valence-electron chi connectivity index (χ2n) is 4.51. The topological polar surface area (TPSA) is 30.2 Å². The van der Waals surface area contributed by atoms with E-state index in [4.69, 9.17) is 0 Å². The normalized spacial score (nSPS) is 23.4. The van der Waals surface area contributed by atoms with Crippen molar-refractivity contribution in [2.45, 2.75) is 19.9 Å². The lowest BCUT2D eigenvalue weighted by atomic mass is 10.0. The minimum Gasteiger partial charge on any atom is -0.320 e. The van der Waals surface area contributed by atoms with E-state index in [9.17, 15) is 0 Å². The fourth-order valence-electron chi connectivity index (χ4n) is 2.45. The average Bonchev–Trinajstić information content (AvgIpc) is 2.66. The summed E-state index contributed by atoms with van der Waals surface area (Å²) in [6, 6.07) is 8.59. The molecule has 0 bridgehead atoms. The number of nitrogens with zero attached hydrogens (tertiary/aromatic N) is 3. The highest BCUT2D eigenvalue weighted by Gasteiger charge is 2.20. The van der Waals surface area contributed by atoms with Crippen molar-refractivity contribution in [2.75, 3.05) is 0 Å². The van der Waals surface area contributed by atoms with Crippen LogP contribution in [-0.2, 0) is 0 Å². The van der Waals surface area contributed by atoms with Gasteiger partial charge in [0.25, 0.3) is 0 Å². The third kappa shape index (κ3) is 1.58. The van der Waals surface area contributed by atoms with Gasteiger partial charge in [-0.2, -0.15) is 0 Å². The first-order valence-electron chi connectivity index (χ1n) is 5.91. The van der Waals surface area contributed by atoms with Crippen LogP contribution in [0.4, 0.5) is 0 Å². The lowest BCUT2D eigenvalue weighted by molar-refractivity contribution is 0.515. The quantitative estimate of drug-likeness (QED) is 0.733. The first-order valence-corrected chi connectivity index (χ1v) is 5.91. The summed E-state index contributed by atoms with van der Waals surface area (Å²) in [6.07, 6.45) is 6.02. The van der Waals surface area contributed by atoms with Gasteiger partial charge >= 0.3 is 0 Å². The summed E-state index contributed by atoms with van der Waals surface area (Å²) in [5.41, 5.74) is 2.26. The van der Waals surface area contributed by atoms with Crippen LogP contribution in [0.1, 0.15) is 18.8 Å². The van der Waals surface area contributed by atoms with Gasteiger partial charge in [-0.1, -0.05) is 19.1 Å². The maximum atomic E-state index is 4.61. The molecule has 0 saturated heterocycles. The molecule has 0 amide bonds. The first kappa shape index (κ1) is 10.3. The Morgan fingerprint density at radius 1 is 1.24 bits per heavy atom. The van der Waals surface area contributed by atoms with Crippen LogP contribution in [0, 0.1) is 12.8 Å². The summed E-state index contributed by atoms with van der Waals surface area (Å²) in [7, 11) is 0. The van der Waals surface area contributed by atoms with Gasteiger partial charge in [0.1, 0.15) is 5.82 Å². The Bertz CT molecular complexity index is 607. The molecule has 17 heavy (non-hydrogen) atoms. The second-order valence-corrected chi connectivity index (χ2v) is 4.51. The summed E-state index contributed by atoms with van der Waals surface area (Å²) in [6.45, 7) is 4.25. The van der Waals surface area contributed by atoms with Crippen molar-refractivity contribution in [3.05, 3.63) is 42.4 Å². The van der Waals surface area contributed by atoms with E-state index in [1.807, 2.05) is 18.5 Å². The number of allylic oxidation sites excluding steroid dienone is 1. The second kappa shape index (κ2) is 3.84. The van der Waals surface area contributed by atoms with Gasteiger partial charge in [0.15, 0.2) is 0 Å². The molecule has 0 fully saturated rings. The van der Waals surface area contributed by atoms with E-state index < -0.39 is 0 Å². The molecular weight excluding hydrogens is 210 g/mol. The SMILES string of the molecule is Cc1nc2ccccc2n1[C@@H]1C=CN=CC1C. The van der Waals surface area contributed by atoms with E-state index in [1.54, 1.807) is 0 Å². The van der Waals surface area contributed by atoms with Crippen LogP contribution in [0.5, 0.6) is 0 Å². The van der Waals surface area contributed by atoms with Crippen LogP contribution in [0.2, 0.25) is 0 Å². The molecule has 3 rings (SSSR count). The van der Waals surface area contributed by atoms with Gasteiger partial charge in [-0.15, -0.1) is 0 Å².